The van der Waals surface area contributed by atoms with Gasteiger partial charge in [-0.2, -0.15) is 0 Å². The SMILES string of the molecule is CCCNC(Cc1ccoc1)c1ccoc1CC. The lowest BCUT2D eigenvalue weighted by atomic mass is 10.00. The molecule has 98 valence electrons. The monoisotopic (exact) mass is 247 g/mol. The molecule has 0 saturated carbocycles. The Morgan fingerprint density at radius 3 is 2.78 bits per heavy atom. The van der Waals surface area contributed by atoms with Crippen molar-refractivity contribution in [2.75, 3.05) is 6.54 Å². The maximum Gasteiger partial charge on any atom is 0.108 e. The highest BCUT2D eigenvalue weighted by atomic mass is 16.3. The van der Waals surface area contributed by atoms with E-state index in [-0.39, 0.29) is 0 Å². The summed E-state index contributed by atoms with van der Waals surface area (Å²) in [5.41, 5.74) is 2.49. The van der Waals surface area contributed by atoms with Crippen LogP contribution in [0.15, 0.2) is 39.8 Å². The van der Waals surface area contributed by atoms with Crippen LogP contribution in [0.3, 0.4) is 0 Å². The van der Waals surface area contributed by atoms with Gasteiger partial charge in [-0.1, -0.05) is 13.8 Å². The molecule has 0 aliphatic rings. The summed E-state index contributed by atoms with van der Waals surface area (Å²) in [4.78, 5) is 0. The van der Waals surface area contributed by atoms with Crippen molar-refractivity contribution in [3.05, 3.63) is 47.8 Å². The van der Waals surface area contributed by atoms with E-state index in [1.54, 1.807) is 12.5 Å². The summed E-state index contributed by atoms with van der Waals surface area (Å²) in [6, 6.07) is 4.40. The number of furan rings is 2. The van der Waals surface area contributed by atoms with Gasteiger partial charge in [-0.3, -0.25) is 0 Å². The molecule has 0 saturated heterocycles. The molecule has 18 heavy (non-hydrogen) atoms. The first-order valence-corrected chi connectivity index (χ1v) is 6.65. The molecular weight excluding hydrogens is 226 g/mol. The number of hydrogen-bond donors (Lipinski definition) is 1. The van der Waals surface area contributed by atoms with Crippen LogP contribution >= 0.6 is 0 Å². The minimum Gasteiger partial charge on any atom is -0.472 e. The van der Waals surface area contributed by atoms with Gasteiger partial charge in [-0.05, 0) is 37.1 Å². The van der Waals surface area contributed by atoms with E-state index >= 15 is 0 Å². The second-order valence-electron chi connectivity index (χ2n) is 4.50. The van der Waals surface area contributed by atoms with Crippen LogP contribution in [-0.4, -0.2) is 6.54 Å². The average molecular weight is 247 g/mol. The van der Waals surface area contributed by atoms with E-state index in [1.807, 2.05) is 12.3 Å². The largest absolute Gasteiger partial charge is 0.472 e. The van der Waals surface area contributed by atoms with Gasteiger partial charge in [0.05, 0.1) is 18.8 Å². The van der Waals surface area contributed by atoms with Gasteiger partial charge in [0.25, 0.3) is 0 Å². The van der Waals surface area contributed by atoms with Gasteiger partial charge in [-0.15, -0.1) is 0 Å². The Balaban J connectivity index is 2.14. The quantitative estimate of drug-likeness (QED) is 0.810. The van der Waals surface area contributed by atoms with Crippen LogP contribution in [0.1, 0.15) is 43.2 Å². The van der Waals surface area contributed by atoms with Crippen molar-refractivity contribution in [2.24, 2.45) is 0 Å². The molecule has 2 aromatic rings. The first-order valence-electron chi connectivity index (χ1n) is 6.65. The van der Waals surface area contributed by atoms with Crippen LogP contribution in [0.4, 0.5) is 0 Å². The maximum absolute atomic E-state index is 5.53. The molecule has 0 spiro atoms. The highest BCUT2D eigenvalue weighted by Gasteiger charge is 2.17. The van der Waals surface area contributed by atoms with E-state index in [0.29, 0.717) is 6.04 Å². The molecule has 0 aliphatic carbocycles. The Labute approximate surface area is 108 Å². The Morgan fingerprint density at radius 1 is 1.22 bits per heavy atom. The third-order valence-corrected chi connectivity index (χ3v) is 3.14. The van der Waals surface area contributed by atoms with Crippen LogP contribution in [0, 0.1) is 0 Å². The van der Waals surface area contributed by atoms with Gasteiger partial charge in [0, 0.05) is 18.0 Å². The maximum atomic E-state index is 5.53. The Morgan fingerprint density at radius 2 is 2.11 bits per heavy atom. The molecule has 0 fully saturated rings. The van der Waals surface area contributed by atoms with Gasteiger partial charge in [-0.25, -0.2) is 0 Å². The predicted molar refractivity (Wildman–Crippen MR) is 71.5 cm³/mol. The normalized spacial score (nSPS) is 12.8. The number of nitrogens with one attached hydrogen (secondary N) is 1. The topological polar surface area (TPSA) is 38.3 Å². The van der Waals surface area contributed by atoms with Crippen LogP contribution in [0.25, 0.3) is 0 Å². The Bertz CT molecular complexity index is 445. The summed E-state index contributed by atoms with van der Waals surface area (Å²) in [5.74, 6) is 1.08. The standard InChI is InChI=1S/C15H21NO2/c1-3-7-16-14(10-12-5-8-17-11-12)13-6-9-18-15(13)4-2/h5-6,8-9,11,14,16H,3-4,7,10H2,1-2H3. The summed E-state index contributed by atoms with van der Waals surface area (Å²) in [7, 11) is 0. The van der Waals surface area contributed by atoms with E-state index in [4.69, 9.17) is 8.83 Å². The Kier molecular flexibility index (Phi) is 4.65. The van der Waals surface area contributed by atoms with E-state index in [1.165, 1.54) is 11.1 Å². The average Bonchev–Trinajstić information content (AvgIpc) is 3.04. The molecule has 3 nitrogen and oxygen atoms in total. The summed E-state index contributed by atoms with van der Waals surface area (Å²) in [6.07, 6.45) is 8.31. The van der Waals surface area contributed by atoms with Crippen molar-refractivity contribution in [3.63, 3.8) is 0 Å². The van der Waals surface area contributed by atoms with Crippen molar-refractivity contribution in [3.8, 4) is 0 Å². The van der Waals surface area contributed by atoms with E-state index in [2.05, 4.69) is 25.2 Å². The third kappa shape index (κ3) is 3.05. The van der Waals surface area contributed by atoms with Crippen LogP contribution in [0.2, 0.25) is 0 Å². The molecule has 2 aromatic heterocycles. The summed E-state index contributed by atoms with van der Waals surface area (Å²) < 4.78 is 10.7. The zero-order valence-electron chi connectivity index (χ0n) is 11.1. The number of hydrogen-bond acceptors (Lipinski definition) is 3. The lowest BCUT2D eigenvalue weighted by Crippen LogP contribution is -2.24. The molecule has 0 aromatic carbocycles. The molecular formula is C15H21NO2. The van der Waals surface area contributed by atoms with Crippen molar-refractivity contribution < 1.29 is 8.83 Å². The molecule has 2 rings (SSSR count). The van der Waals surface area contributed by atoms with E-state index in [9.17, 15) is 0 Å². The predicted octanol–water partition coefficient (Wildman–Crippen LogP) is 3.72. The van der Waals surface area contributed by atoms with Crippen LogP contribution < -0.4 is 5.32 Å². The van der Waals surface area contributed by atoms with Crippen molar-refractivity contribution in [1.29, 1.82) is 0 Å². The minimum absolute atomic E-state index is 0.302. The highest BCUT2D eigenvalue weighted by molar-refractivity contribution is 5.24. The van der Waals surface area contributed by atoms with Crippen LogP contribution in [-0.2, 0) is 12.8 Å². The fraction of sp³-hybridized carbons (Fsp3) is 0.467. The van der Waals surface area contributed by atoms with Crippen molar-refractivity contribution in [1.82, 2.24) is 5.32 Å². The number of rotatable bonds is 7. The zero-order valence-corrected chi connectivity index (χ0v) is 11.1. The molecule has 0 radical (unpaired) electrons. The van der Waals surface area contributed by atoms with Crippen molar-refractivity contribution >= 4 is 0 Å². The summed E-state index contributed by atoms with van der Waals surface area (Å²) >= 11 is 0. The van der Waals surface area contributed by atoms with Gasteiger partial charge in [0.2, 0.25) is 0 Å². The lowest BCUT2D eigenvalue weighted by molar-refractivity contribution is 0.480. The van der Waals surface area contributed by atoms with Gasteiger partial charge < -0.3 is 14.2 Å². The molecule has 0 amide bonds. The van der Waals surface area contributed by atoms with Crippen LogP contribution in [0.5, 0.6) is 0 Å². The Hall–Kier alpha value is -1.48. The molecule has 0 aliphatic heterocycles. The minimum atomic E-state index is 0.302. The second kappa shape index (κ2) is 6.45. The third-order valence-electron chi connectivity index (χ3n) is 3.14. The first kappa shape index (κ1) is 13.0. The molecule has 1 N–H and O–H groups in total. The number of aryl methyl sites for hydroxylation is 1. The smallest absolute Gasteiger partial charge is 0.108 e. The zero-order chi connectivity index (χ0) is 12.8. The summed E-state index contributed by atoms with van der Waals surface area (Å²) in [6.45, 7) is 5.31. The fourth-order valence-electron chi connectivity index (χ4n) is 2.20. The lowest BCUT2D eigenvalue weighted by Gasteiger charge is -2.17. The fourth-order valence-corrected chi connectivity index (χ4v) is 2.20. The van der Waals surface area contributed by atoms with E-state index < -0.39 is 0 Å². The molecule has 1 atom stereocenters. The van der Waals surface area contributed by atoms with E-state index in [0.717, 1.165) is 31.6 Å². The molecule has 3 heteroatoms. The molecule has 1 unspecified atom stereocenters. The van der Waals surface area contributed by atoms with Gasteiger partial charge in [0.1, 0.15) is 5.76 Å². The highest BCUT2D eigenvalue weighted by Crippen LogP contribution is 2.24. The molecule has 0 bridgehead atoms. The van der Waals surface area contributed by atoms with Gasteiger partial charge >= 0.3 is 0 Å². The van der Waals surface area contributed by atoms with Crippen molar-refractivity contribution in [2.45, 2.75) is 39.2 Å². The first-order chi connectivity index (χ1) is 8.85. The summed E-state index contributed by atoms with van der Waals surface area (Å²) in [5, 5.41) is 3.58. The molecule has 2 heterocycles. The van der Waals surface area contributed by atoms with Gasteiger partial charge in [0.15, 0.2) is 0 Å². The second-order valence-corrected chi connectivity index (χ2v) is 4.50.